The molecule has 0 amide bonds. The van der Waals surface area contributed by atoms with Crippen LogP contribution >= 0.6 is 24.0 Å². The number of nitrogens with two attached hydrogens (primary N) is 1. The molecule has 2 rings (SSSR count). The molecule has 1 aliphatic heterocycles. The summed E-state index contributed by atoms with van der Waals surface area (Å²) in [5, 5.41) is 0.272. The number of nitrogens with zero attached hydrogens (tertiary/aromatic N) is 1. The molecule has 1 heterocycles. The van der Waals surface area contributed by atoms with E-state index in [0.29, 0.717) is 13.1 Å². The quantitative estimate of drug-likeness (QED) is 0.906. The van der Waals surface area contributed by atoms with Crippen LogP contribution in [0.15, 0.2) is 23.1 Å². The molecule has 0 aliphatic carbocycles. The van der Waals surface area contributed by atoms with Crippen molar-refractivity contribution in [2.75, 3.05) is 13.1 Å². The van der Waals surface area contributed by atoms with Gasteiger partial charge in [-0.2, -0.15) is 4.31 Å². The highest BCUT2D eigenvalue weighted by atomic mass is 35.5. The fourth-order valence-corrected chi connectivity index (χ4v) is 4.25. The topological polar surface area (TPSA) is 63.4 Å². The number of piperidine rings is 1. The van der Waals surface area contributed by atoms with E-state index in [1.807, 2.05) is 6.92 Å². The van der Waals surface area contributed by atoms with Crippen molar-refractivity contribution in [3.05, 3.63) is 28.8 Å². The van der Waals surface area contributed by atoms with Gasteiger partial charge in [-0.1, -0.05) is 17.7 Å². The van der Waals surface area contributed by atoms with E-state index in [2.05, 4.69) is 0 Å². The minimum absolute atomic E-state index is 0. The summed E-state index contributed by atoms with van der Waals surface area (Å²) >= 11 is 6.03. The predicted octanol–water partition coefficient (Wildman–Crippen LogP) is 2.18. The highest BCUT2D eigenvalue weighted by molar-refractivity contribution is 7.89. The summed E-state index contributed by atoms with van der Waals surface area (Å²) in [5.41, 5.74) is 6.76. The predicted molar refractivity (Wildman–Crippen MR) is 79.4 cm³/mol. The van der Waals surface area contributed by atoms with Crippen LogP contribution in [0.3, 0.4) is 0 Å². The number of hydrogen-bond acceptors (Lipinski definition) is 3. The number of rotatable bonds is 2. The van der Waals surface area contributed by atoms with Crippen molar-refractivity contribution in [1.82, 2.24) is 4.31 Å². The first-order valence-corrected chi connectivity index (χ1v) is 7.75. The molecule has 19 heavy (non-hydrogen) atoms. The maximum absolute atomic E-state index is 12.5. The normalized spacial score (nSPS) is 20.9. The summed E-state index contributed by atoms with van der Waals surface area (Å²) in [7, 11) is -3.52. The second-order valence-corrected chi connectivity index (χ2v) is 7.01. The lowest BCUT2D eigenvalue weighted by atomic mass is 10.1. The third kappa shape index (κ3) is 3.61. The molecule has 1 atom stereocenters. The molecule has 1 saturated heterocycles. The number of aryl methyl sites for hydroxylation is 1. The Morgan fingerprint density at radius 1 is 1.42 bits per heavy atom. The first-order valence-electron chi connectivity index (χ1n) is 5.93. The van der Waals surface area contributed by atoms with Crippen LogP contribution in [0.1, 0.15) is 18.4 Å². The average Bonchev–Trinajstić information content (AvgIpc) is 2.28. The van der Waals surface area contributed by atoms with Crippen LogP contribution in [0.4, 0.5) is 0 Å². The second kappa shape index (κ2) is 6.41. The van der Waals surface area contributed by atoms with E-state index in [1.165, 1.54) is 4.31 Å². The Morgan fingerprint density at radius 3 is 2.68 bits per heavy atom. The van der Waals surface area contributed by atoms with E-state index >= 15 is 0 Å². The Hall–Kier alpha value is -0.330. The fourth-order valence-electron chi connectivity index (χ4n) is 2.15. The van der Waals surface area contributed by atoms with Gasteiger partial charge in [-0.25, -0.2) is 8.42 Å². The Morgan fingerprint density at radius 2 is 2.11 bits per heavy atom. The second-order valence-electron chi connectivity index (χ2n) is 4.70. The molecular weight excluding hydrogens is 307 g/mol. The molecule has 4 nitrogen and oxygen atoms in total. The van der Waals surface area contributed by atoms with Gasteiger partial charge in [0.05, 0.1) is 5.02 Å². The van der Waals surface area contributed by atoms with E-state index in [1.54, 1.807) is 18.2 Å². The lowest BCUT2D eigenvalue weighted by molar-refractivity contribution is 0.316. The largest absolute Gasteiger partial charge is 0.327 e. The van der Waals surface area contributed by atoms with Crippen molar-refractivity contribution in [1.29, 1.82) is 0 Å². The van der Waals surface area contributed by atoms with E-state index in [-0.39, 0.29) is 28.4 Å². The highest BCUT2D eigenvalue weighted by Crippen LogP contribution is 2.27. The molecule has 1 aromatic rings. The van der Waals surface area contributed by atoms with E-state index in [0.717, 1.165) is 18.4 Å². The third-order valence-corrected chi connectivity index (χ3v) is 5.47. The van der Waals surface area contributed by atoms with Gasteiger partial charge in [-0.15, -0.1) is 12.4 Å². The molecule has 0 spiro atoms. The van der Waals surface area contributed by atoms with E-state index in [4.69, 9.17) is 17.3 Å². The van der Waals surface area contributed by atoms with Gasteiger partial charge in [0, 0.05) is 19.1 Å². The first kappa shape index (κ1) is 16.7. The van der Waals surface area contributed by atoms with Gasteiger partial charge >= 0.3 is 0 Å². The lowest BCUT2D eigenvalue weighted by Crippen LogP contribution is -2.45. The van der Waals surface area contributed by atoms with Gasteiger partial charge in [0.2, 0.25) is 10.0 Å². The Balaban J connectivity index is 0.00000180. The van der Waals surface area contributed by atoms with Crippen LogP contribution in [-0.2, 0) is 10.0 Å². The van der Waals surface area contributed by atoms with Gasteiger partial charge in [0.1, 0.15) is 4.90 Å². The summed E-state index contributed by atoms with van der Waals surface area (Å²) in [6, 6.07) is 4.89. The van der Waals surface area contributed by atoms with Crippen molar-refractivity contribution in [3.8, 4) is 0 Å². The summed E-state index contributed by atoms with van der Waals surface area (Å²) in [4.78, 5) is 0.170. The number of benzene rings is 1. The summed E-state index contributed by atoms with van der Waals surface area (Å²) in [6.07, 6.45) is 1.66. The lowest BCUT2D eigenvalue weighted by Gasteiger charge is -2.30. The molecule has 0 unspecified atom stereocenters. The smallest absolute Gasteiger partial charge is 0.244 e. The summed E-state index contributed by atoms with van der Waals surface area (Å²) in [6.45, 7) is 2.76. The first-order chi connectivity index (χ1) is 8.41. The molecule has 1 aliphatic rings. The molecule has 0 bridgehead atoms. The maximum Gasteiger partial charge on any atom is 0.244 e. The Kier molecular flexibility index (Phi) is 5.65. The van der Waals surface area contributed by atoms with Crippen molar-refractivity contribution >= 4 is 34.0 Å². The van der Waals surface area contributed by atoms with Crippen LogP contribution in [-0.4, -0.2) is 31.9 Å². The summed E-state index contributed by atoms with van der Waals surface area (Å²) < 4.78 is 26.3. The highest BCUT2D eigenvalue weighted by Gasteiger charge is 2.30. The molecule has 0 radical (unpaired) electrons. The molecule has 0 saturated carbocycles. The summed E-state index contributed by atoms with van der Waals surface area (Å²) in [5.74, 6) is 0. The third-order valence-electron chi connectivity index (χ3n) is 3.13. The van der Waals surface area contributed by atoms with Gasteiger partial charge in [-0.05, 0) is 37.5 Å². The van der Waals surface area contributed by atoms with Crippen LogP contribution < -0.4 is 5.73 Å². The van der Waals surface area contributed by atoms with Crippen LogP contribution in [0, 0.1) is 6.92 Å². The van der Waals surface area contributed by atoms with Crippen LogP contribution in [0.5, 0.6) is 0 Å². The van der Waals surface area contributed by atoms with Gasteiger partial charge in [0.25, 0.3) is 0 Å². The fraction of sp³-hybridized carbons (Fsp3) is 0.500. The van der Waals surface area contributed by atoms with Gasteiger partial charge < -0.3 is 5.73 Å². The number of hydrogen-bond donors (Lipinski definition) is 1. The maximum atomic E-state index is 12.5. The number of sulfonamides is 1. The Bertz CT molecular complexity index is 549. The van der Waals surface area contributed by atoms with Crippen molar-refractivity contribution < 1.29 is 8.42 Å². The minimum atomic E-state index is -3.52. The molecule has 1 aromatic carbocycles. The van der Waals surface area contributed by atoms with Gasteiger partial charge in [-0.3, -0.25) is 0 Å². The van der Waals surface area contributed by atoms with Crippen LogP contribution in [0.2, 0.25) is 5.02 Å². The average molecular weight is 325 g/mol. The monoisotopic (exact) mass is 324 g/mol. The van der Waals surface area contributed by atoms with E-state index in [9.17, 15) is 8.42 Å². The molecule has 1 fully saturated rings. The minimum Gasteiger partial charge on any atom is -0.327 e. The van der Waals surface area contributed by atoms with Gasteiger partial charge in [0.15, 0.2) is 0 Å². The molecule has 7 heteroatoms. The zero-order valence-corrected chi connectivity index (χ0v) is 13.1. The zero-order chi connectivity index (χ0) is 13.3. The molecular formula is C12H18Cl2N2O2S. The van der Waals surface area contributed by atoms with Crippen molar-refractivity contribution in [3.63, 3.8) is 0 Å². The molecule has 0 aromatic heterocycles. The zero-order valence-electron chi connectivity index (χ0n) is 10.7. The van der Waals surface area contributed by atoms with Crippen molar-refractivity contribution in [2.24, 2.45) is 5.73 Å². The molecule has 2 N–H and O–H groups in total. The van der Waals surface area contributed by atoms with Crippen molar-refractivity contribution in [2.45, 2.75) is 30.7 Å². The molecule has 108 valence electrons. The van der Waals surface area contributed by atoms with E-state index < -0.39 is 10.0 Å². The van der Waals surface area contributed by atoms with Crippen LogP contribution in [0.25, 0.3) is 0 Å². The Labute approximate surface area is 125 Å². The SMILES string of the molecule is Cc1ccc(S(=O)(=O)N2CCC[C@@H](N)C2)c(Cl)c1.Cl. The number of halogens is 2. The standard InChI is InChI=1S/C12H17ClN2O2S.ClH/c1-9-4-5-12(11(13)7-9)18(16,17)15-6-2-3-10(14)8-15;/h4-5,7,10H,2-3,6,8,14H2,1H3;1H/t10-;/m1./s1.